The Bertz CT molecular complexity index is 302. The average molecular weight is 237 g/mol. The highest BCUT2D eigenvalue weighted by Crippen LogP contribution is 1.98. The molecule has 1 aromatic rings. The van der Waals surface area contributed by atoms with E-state index in [9.17, 15) is 4.79 Å². The number of hydrogen-bond acceptors (Lipinski definition) is 2. The van der Waals surface area contributed by atoms with Crippen LogP contribution in [0.15, 0.2) is 30.3 Å². The van der Waals surface area contributed by atoms with Crippen LogP contribution in [-0.2, 0) is 11.2 Å². The molecule has 0 saturated carbocycles. The van der Waals surface area contributed by atoms with Gasteiger partial charge >= 0.3 is 6.09 Å². The van der Waals surface area contributed by atoms with Gasteiger partial charge in [-0.05, 0) is 24.8 Å². The van der Waals surface area contributed by atoms with Crippen molar-refractivity contribution in [2.45, 2.75) is 19.3 Å². The second-order valence-corrected chi connectivity index (χ2v) is 3.79. The summed E-state index contributed by atoms with van der Waals surface area (Å²) in [6.45, 7) is 2.47. The molecular formula is C13H19NO3. The quantitative estimate of drug-likeness (QED) is 0.848. The van der Waals surface area contributed by atoms with E-state index in [-0.39, 0.29) is 0 Å². The highest BCUT2D eigenvalue weighted by Gasteiger charge is 1.95. The number of nitrogens with one attached hydrogen (secondary N) is 1. The average Bonchev–Trinajstić information content (AvgIpc) is 2.88. The Morgan fingerprint density at radius 3 is 2.35 bits per heavy atom. The number of rotatable bonds is 3. The van der Waals surface area contributed by atoms with Crippen molar-refractivity contribution in [2.75, 3.05) is 19.8 Å². The van der Waals surface area contributed by atoms with Gasteiger partial charge in [0, 0.05) is 19.8 Å². The molecule has 0 aliphatic carbocycles. The Labute approximate surface area is 102 Å². The van der Waals surface area contributed by atoms with E-state index < -0.39 is 6.09 Å². The zero-order chi connectivity index (χ0) is 12.3. The van der Waals surface area contributed by atoms with Crippen molar-refractivity contribution < 1.29 is 14.6 Å². The fourth-order valence-electron chi connectivity index (χ4n) is 1.47. The Morgan fingerprint density at radius 2 is 1.88 bits per heavy atom. The predicted octanol–water partition coefficient (Wildman–Crippen LogP) is 2.29. The summed E-state index contributed by atoms with van der Waals surface area (Å²) >= 11 is 0. The van der Waals surface area contributed by atoms with Gasteiger partial charge in [-0.25, -0.2) is 4.79 Å². The van der Waals surface area contributed by atoms with E-state index in [0.717, 1.165) is 25.2 Å². The lowest BCUT2D eigenvalue weighted by Crippen LogP contribution is -2.23. The topological polar surface area (TPSA) is 58.6 Å². The van der Waals surface area contributed by atoms with Gasteiger partial charge in [-0.2, -0.15) is 0 Å². The fourth-order valence-corrected chi connectivity index (χ4v) is 1.47. The van der Waals surface area contributed by atoms with Gasteiger partial charge in [-0.1, -0.05) is 30.3 Å². The molecule has 1 fully saturated rings. The molecule has 0 bridgehead atoms. The van der Waals surface area contributed by atoms with E-state index in [4.69, 9.17) is 9.84 Å². The summed E-state index contributed by atoms with van der Waals surface area (Å²) in [6.07, 6.45) is 2.33. The van der Waals surface area contributed by atoms with Gasteiger partial charge in [-0.3, -0.25) is 0 Å². The normalized spacial score (nSPS) is 13.6. The monoisotopic (exact) mass is 237 g/mol. The molecule has 0 unspecified atom stereocenters. The summed E-state index contributed by atoms with van der Waals surface area (Å²) in [4.78, 5) is 10.1. The van der Waals surface area contributed by atoms with Crippen LogP contribution >= 0.6 is 0 Å². The maximum absolute atomic E-state index is 10.1. The minimum atomic E-state index is -0.967. The fraction of sp³-hybridized carbons (Fsp3) is 0.462. The minimum Gasteiger partial charge on any atom is -0.465 e. The van der Waals surface area contributed by atoms with Gasteiger partial charge < -0.3 is 15.2 Å². The van der Waals surface area contributed by atoms with Crippen LogP contribution in [0.1, 0.15) is 18.4 Å². The Morgan fingerprint density at radius 1 is 1.24 bits per heavy atom. The van der Waals surface area contributed by atoms with Crippen LogP contribution in [0, 0.1) is 0 Å². The van der Waals surface area contributed by atoms with Crippen LogP contribution in [0.2, 0.25) is 0 Å². The molecular weight excluding hydrogens is 218 g/mol. The summed E-state index contributed by atoms with van der Waals surface area (Å²) in [5, 5.41) is 10.6. The van der Waals surface area contributed by atoms with Crippen LogP contribution < -0.4 is 5.32 Å². The molecule has 4 nitrogen and oxygen atoms in total. The highest BCUT2D eigenvalue weighted by atomic mass is 16.5. The van der Waals surface area contributed by atoms with Crippen LogP contribution in [0.4, 0.5) is 4.79 Å². The third-order valence-electron chi connectivity index (χ3n) is 2.36. The summed E-state index contributed by atoms with van der Waals surface area (Å²) in [5.41, 5.74) is 1.14. The van der Waals surface area contributed by atoms with Gasteiger partial charge in [-0.15, -0.1) is 0 Å². The van der Waals surface area contributed by atoms with E-state index in [1.165, 1.54) is 12.8 Å². The van der Waals surface area contributed by atoms with Crippen molar-refractivity contribution in [1.29, 1.82) is 0 Å². The van der Waals surface area contributed by atoms with Crippen molar-refractivity contribution in [3.63, 3.8) is 0 Å². The number of carboxylic acid groups (broad SMARTS) is 1. The Kier molecular flexibility index (Phi) is 6.82. The summed E-state index contributed by atoms with van der Waals surface area (Å²) in [5.74, 6) is 0. The molecule has 0 spiro atoms. The van der Waals surface area contributed by atoms with Crippen molar-refractivity contribution in [3.05, 3.63) is 35.9 Å². The lowest BCUT2D eigenvalue weighted by Gasteiger charge is -2.00. The summed E-state index contributed by atoms with van der Waals surface area (Å²) < 4.78 is 4.94. The third-order valence-corrected chi connectivity index (χ3v) is 2.36. The number of hydrogen-bond donors (Lipinski definition) is 2. The van der Waals surface area contributed by atoms with E-state index >= 15 is 0 Å². The largest absolute Gasteiger partial charge is 0.465 e. The highest BCUT2D eigenvalue weighted by molar-refractivity contribution is 5.64. The molecule has 17 heavy (non-hydrogen) atoms. The first-order valence-corrected chi connectivity index (χ1v) is 5.87. The summed E-state index contributed by atoms with van der Waals surface area (Å²) in [6, 6.07) is 9.77. The molecule has 4 heteroatoms. The van der Waals surface area contributed by atoms with Crippen LogP contribution in [0.3, 0.4) is 0 Å². The number of carbonyl (C=O) groups is 1. The second kappa shape index (κ2) is 8.58. The first kappa shape index (κ1) is 13.5. The zero-order valence-electron chi connectivity index (χ0n) is 9.89. The Balaban J connectivity index is 0.000000239. The molecule has 2 N–H and O–H groups in total. The predicted molar refractivity (Wildman–Crippen MR) is 66.2 cm³/mol. The molecule has 1 aromatic carbocycles. The lowest BCUT2D eigenvalue weighted by molar-refractivity contribution is 0.194. The molecule has 1 aliphatic rings. The first-order chi connectivity index (χ1) is 8.29. The lowest BCUT2D eigenvalue weighted by atomic mass is 10.1. The van der Waals surface area contributed by atoms with E-state index in [1.54, 1.807) is 0 Å². The molecule has 2 rings (SSSR count). The van der Waals surface area contributed by atoms with Crippen molar-refractivity contribution in [3.8, 4) is 0 Å². The number of ether oxygens (including phenoxy) is 1. The third kappa shape index (κ3) is 7.36. The SMILES string of the molecule is C1CCOC1.O=C(O)NCCc1ccccc1. The number of benzene rings is 1. The molecule has 94 valence electrons. The molecule has 1 amide bonds. The summed E-state index contributed by atoms with van der Waals surface area (Å²) in [7, 11) is 0. The molecule has 1 aliphatic heterocycles. The van der Waals surface area contributed by atoms with Gasteiger partial charge in [0.2, 0.25) is 0 Å². The van der Waals surface area contributed by atoms with Gasteiger partial charge in [0.25, 0.3) is 0 Å². The van der Waals surface area contributed by atoms with Gasteiger partial charge in [0.15, 0.2) is 0 Å². The van der Waals surface area contributed by atoms with Crippen molar-refractivity contribution >= 4 is 6.09 Å². The number of amides is 1. The molecule has 0 radical (unpaired) electrons. The van der Waals surface area contributed by atoms with Crippen LogP contribution in [0.25, 0.3) is 0 Å². The maximum Gasteiger partial charge on any atom is 0.404 e. The van der Waals surface area contributed by atoms with E-state index in [0.29, 0.717) is 6.54 Å². The van der Waals surface area contributed by atoms with Crippen molar-refractivity contribution in [1.82, 2.24) is 5.32 Å². The van der Waals surface area contributed by atoms with Gasteiger partial charge in [0.05, 0.1) is 0 Å². The molecule has 0 atom stereocenters. The Hall–Kier alpha value is -1.55. The smallest absolute Gasteiger partial charge is 0.404 e. The first-order valence-electron chi connectivity index (χ1n) is 5.87. The minimum absolute atomic E-state index is 0.472. The van der Waals surface area contributed by atoms with Crippen LogP contribution in [-0.4, -0.2) is 31.0 Å². The molecule has 1 saturated heterocycles. The van der Waals surface area contributed by atoms with Crippen LogP contribution in [0.5, 0.6) is 0 Å². The molecule has 0 aromatic heterocycles. The van der Waals surface area contributed by atoms with E-state index in [2.05, 4.69) is 5.32 Å². The van der Waals surface area contributed by atoms with Crippen molar-refractivity contribution in [2.24, 2.45) is 0 Å². The standard InChI is InChI=1S/C9H11NO2.C4H8O/c11-9(12)10-7-6-8-4-2-1-3-5-8;1-2-4-5-3-1/h1-5,10H,6-7H2,(H,11,12);1-4H2. The van der Waals surface area contributed by atoms with Gasteiger partial charge in [0.1, 0.15) is 0 Å². The van der Waals surface area contributed by atoms with E-state index in [1.807, 2.05) is 30.3 Å². The molecule has 1 heterocycles. The second-order valence-electron chi connectivity index (χ2n) is 3.79. The zero-order valence-corrected chi connectivity index (χ0v) is 9.89. The maximum atomic E-state index is 10.1.